The van der Waals surface area contributed by atoms with E-state index in [1.165, 1.54) is 73.2 Å². The Labute approximate surface area is 742 Å². The van der Waals surface area contributed by atoms with Gasteiger partial charge < -0.3 is 23.9 Å². The maximum atomic E-state index is 16.7. The minimum absolute atomic E-state index is 0.00271. The molecule has 0 saturated carbocycles. The first-order chi connectivity index (χ1) is 59.3. The molecule has 0 amide bonds. The number of carbonyl (C=O) groups is 4. The third-order valence-electron chi connectivity index (χ3n) is 21.6. The van der Waals surface area contributed by atoms with E-state index < -0.39 is 90.8 Å². The molecule has 6 atom stereocenters. The van der Waals surface area contributed by atoms with Crippen LogP contribution in [0.3, 0.4) is 0 Å². The SMILES string of the molecule is C[C@@H]1Cc2c([nH]c3ccccc23)[C@@H](c2c(F)cc(/C=C/C(=O)OC(C)(C)C)cc2F)N1CC(C)(C)F.C[C@H](COC(=O)Cl)SC(c1ccccc1)(c1ccccc1)c1ccccc1.C[C@H](COC(=O)n1c2c(c3ccccc31)C[C@@H](C)N(CC(C)(C)F)[C@@H]2c1c(F)cc(/C=C/C(=O)OC(C)(C)C)cc1F)SC(c1ccccc1)(c1ccccc1)c1ccccc1. The van der Waals surface area contributed by atoms with Crippen LogP contribution < -0.4 is 0 Å². The molecule has 0 unspecified atom stereocenters. The zero-order valence-electron chi connectivity index (χ0n) is 72.8. The van der Waals surface area contributed by atoms with Gasteiger partial charge in [-0.2, -0.15) is 0 Å². The van der Waals surface area contributed by atoms with E-state index in [-0.39, 0.29) is 71.1 Å². The van der Waals surface area contributed by atoms with Gasteiger partial charge in [0.05, 0.1) is 32.8 Å². The van der Waals surface area contributed by atoms with Gasteiger partial charge in [0.15, 0.2) is 0 Å². The summed E-state index contributed by atoms with van der Waals surface area (Å²) in [5.74, 6) is -4.60. The minimum atomic E-state index is -1.76. The summed E-state index contributed by atoms with van der Waals surface area (Å²) in [6.07, 6.45) is 5.19. The van der Waals surface area contributed by atoms with Crippen LogP contribution in [0.15, 0.2) is 267 Å². The third-order valence-corrected chi connectivity index (χ3v) is 24.9. The summed E-state index contributed by atoms with van der Waals surface area (Å²) in [5.41, 5.74) is 5.11. The molecule has 12 aromatic rings. The summed E-state index contributed by atoms with van der Waals surface area (Å²) >= 11 is 8.80. The number of thioether (sulfide) groups is 2. The number of rotatable bonds is 24. The summed E-state index contributed by atoms with van der Waals surface area (Å²) in [6, 6.07) is 79.2. The molecule has 0 spiro atoms. The molecular weight excluding hydrogens is 1650 g/mol. The number of alkyl halides is 2. The number of para-hydroxylation sites is 2. The summed E-state index contributed by atoms with van der Waals surface area (Å²) in [4.78, 5) is 57.2. The first kappa shape index (κ1) is 93.3. The van der Waals surface area contributed by atoms with Gasteiger partial charge in [-0.3, -0.25) is 9.80 Å². The molecule has 125 heavy (non-hydrogen) atoms. The van der Waals surface area contributed by atoms with Crippen LogP contribution in [-0.4, -0.2) is 114 Å². The van der Waals surface area contributed by atoms with Crippen molar-refractivity contribution in [2.24, 2.45) is 0 Å². The van der Waals surface area contributed by atoms with Crippen LogP contribution in [0, 0.1) is 23.3 Å². The monoisotopic (exact) mass is 1750 g/mol. The predicted octanol–water partition coefficient (Wildman–Crippen LogP) is 25.8. The molecule has 0 fully saturated rings. The molecule has 0 radical (unpaired) electrons. The van der Waals surface area contributed by atoms with E-state index in [0.29, 0.717) is 29.7 Å². The molecule has 0 aliphatic carbocycles. The number of hydrogen-bond acceptors (Lipinski definition) is 12. The average molecular weight is 1750 g/mol. The normalized spacial score (nSPS) is 16.4. The van der Waals surface area contributed by atoms with Crippen LogP contribution >= 0.6 is 35.1 Å². The van der Waals surface area contributed by atoms with Crippen molar-refractivity contribution in [1.29, 1.82) is 0 Å². The molecule has 4 heterocycles. The maximum absolute atomic E-state index is 16.7. The van der Waals surface area contributed by atoms with Gasteiger partial charge in [0.2, 0.25) is 0 Å². The van der Waals surface area contributed by atoms with E-state index in [1.54, 1.807) is 82.1 Å². The Morgan fingerprint density at radius 1 is 0.456 bits per heavy atom. The van der Waals surface area contributed by atoms with Crippen molar-refractivity contribution in [3.8, 4) is 0 Å². The smallest absolute Gasteiger partial charge is 0.418 e. The van der Waals surface area contributed by atoms with Crippen LogP contribution in [0.25, 0.3) is 34.0 Å². The number of aromatic amines is 1. The molecule has 1 N–H and O–H groups in total. The van der Waals surface area contributed by atoms with Gasteiger partial charge in [0.25, 0.3) is 0 Å². The molecule has 0 bridgehead atoms. The Bertz CT molecular complexity index is 5560. The van der Waals surface area contributed by atoms with E-state index >= 15 is 22.0 Å². The van der Waals surface area contributed by atoms with Crippen molar-refractivity contribution >= 4 is 92.5 Å². The van der Waals surface area contributed by atoms with Crippen molar-refractivity contribution in [3.05, 3.63) is 368 Å². The molecule has 12 nitrogen and oxygen atoms in total. The van der Waals surface area contributed by atoms with Crippen LogP contribution in [-0.2, 0) is 50.9 Å². The fourth-order valence-corrected chi connectivity index (χ4v) is 20.0. The van der Waals surface area contributed by atoms with Crippen LogP contribution in [0.2, 0.25) is 0 Å². The van der Waals surface area contributed by atoms with Crippen LogP contribution in [0.1, 0.15) is 187 Å². The van der Waals surface area contributed by atoms with Crippen molar-refractivity contribution in [1.82, 2.24) is 19.4 Å². The van der Waals surface area contributed by atoms with Gasteiger partial charge in [-0.15, -0.1) is 23.5 Å². The topological polar surface area (TPSA) is 132 Å². The first-order valence-corrected chi connectivity index (χ1v) is 44.1. The minimum Gasteiger partial charge on any atom is -0.457 e. The second kappa shape index (κ2) is 39.8. The number of fused-ring (bicyclic) bond motifs is 6. The molecular formula is C104H107ClF6N4O8S2. The van der Waals surface area contributed by atoms with Gasteiger partial charge >= 0.3 is 23.5 Å². The number of benzene rings is 10. The Morgan fingerprint density at radius 3 is 1.15 bits per heavy atom. The van der Waals surface area contributed by atoms with Gasteiger partial charge in [-0.25, -0.2) is 50.1 Å². The van der Waals surface area contributed by atoms with Crippen molar-refractivity contribution in [3.63, 3.8) is 0 Å². The summed E-state index contributed by atoms with van der Waals surface area (Å²) in [5, 5.41) is 1.52. The maximum Gasteiger partial charge on any atom is 0.418 e. The van der Waals surface area contributed by atoms with Crippen molar-refractivity contribution in [2.45, 2.75) is 176 Å². The number of ether oxygens (including phenoxy) is 4. The molecule has 652 valence electrons. The second-order valence-corrected chi connectivity index (χ2v) is 38.7. The van der Waals surface area contributed by atoms with Crippen molar-refractivity contribution in [2.75, 3.05) is 26.3 Å². The highest BCUT2D eigenvalue weighted by Crippen LogP contribution is 2.53. The number of aromatic nitrogens is 2. The molecule has 2 aliphatic rings. The second-order valence-electron chi connectivity index (χ2n) is 35.0. The highest BCUT2D eigenvalue weighted by atomic mass is 35.5. The number of halogens is 7. The third kappa shape index (κ3) is 22.5. The van der Waals surface area contributed by atoms with Crippen LogP contribution in [0.4, 0.5) is 35.9 Å². The lowest BCUT2D eigenvalue weighted by Gasteiger charge is -2.43. The number of carbonyl (C=O) groups excluding carboxylic acids is 4. The van der Waals surface area contributed by atoms with E-state index in [4.69, 9.17) is 30.5 Å². The molecule has 2 aromatic heterocycles. The van der Waals surface area contributed by atoms with Gasteiger partial charge in [-0.1, -0.05) is 218 Å². The number of esters is 2. The zero-order chi connectivity index (χ0) is 89.9. The largest absolute Gasteiger partial charge is 0.457 e. The Balaban J connectivity index is 0.000000190. The lowest BCUT2D eigenvalue weighted by Crippen LogP contribution is -2.49. The Morgan fingerprint density at radius 2 is 0.784 bits per heavy atom. The Hall–Kier alpha value is -10.9. The molecule has 21 heteroatoms. The molecule has 0 saturated heterocycles. The number of nitrogens with one attached hydrogen (secondary N) is 1. The van der Waals surface area contributed by atoms with Crippen molar-refractivity contribution < 1.29 is 64.5 Å². The lowest BCUT2D eigenvalue weighted by molar-refractivity contribution is -0.149. The standard InChI is InChI=1S/C52H53F3N2O4S.C29H33F3N2O2.C23H21ClO2S/c1-34-29-41-40-25-17-18-26-44(40)57(47(41)48(56(34)33-51(6,7)55)46-42(53)30-36(31-43(46)54)27-28-45(58)61-50(3,4)5)49(59)60-32-35(2)62-52(37-19-11-8-12-20-37,38-21-13-9-14-22-38)39-23-15-10-16-24-39;1-17-13-20-19-9-7-8-10-23(19)33-26(20)27(34(17)16-29(5,6)32)25-21(30)14-18(15-22(25)31)11-12-24(35)36-28(2,3)4;1-18(17-26-22(24)25)27-23(19-11-5-2-6-12-19,20-13-7-3-8-14-20)21-15-9-4-10-16-21/h8-28,30-31,34-35,48H,29,32-33H2,1-7H3;7-12,14-15,17,27,33H,13,16H2,1-6H3;2-16,18H,17H2,1H3/b28-27+;12-11+;/t34-,35-,48-;17-,27-;18-/m111/s1. The number of nitrogens with zero attached hydrogens (tertiary/aromatic N) is 3. The average Bonchev–Trinajstić information content (AvgIpc) is 1.55. The zero-order valence-corrected chi connectivity index (χ0v) is 75.2. The molecule has 14 rings (SSSR count). The fourth-order valence-electron chi connectivity index (χ4n) is 16.8. The van der Waals surface area contributed by atoms with Crippen LogP contribution in [0.5, 0.6) is 0 Å². The Kier molecular flexibility index (Phi) is 29.7. The highest BCUT2D eigenvalue weighted by Gasteiger charge is 2.47. The summed E-state index contributed by atoms with van der Waals surface area (Å²) < 4.78 is 118. The highest BCUT2D eigenvalue weighted by molar-refractivity contribution is 8.01. The number of hydrogen-bond donors (Lipinski definition) is 1. The lowest BCUT2D eigenvalue weighted by atomic mass is 9.84. The van der Waals surface area contributed by atoms with E-state index in [2.05, 4.69) is 114 Å². The van der Waals surface area contributed by atoms with E-state index in [9.17, 15) is 23.6 Å². The van der Waals surface area contributed by atoms with Gasteiger partial charge in [0.1, 0.15) is 59.0 Å². The molecule has 2 aliphatic heterocycles. The predicted molar refractivity (Wildman–Crippen MR) is 493 cm³/mol. The fraction of sp³-hybridized carbons (Fsp3) is 0.308. The quantitative estimate of drug-likeness (QED) is 0.0154. The number of H-pyrrole nitrogens is 1. The van der Waals surface area contributed by atoms with E-state index in [0.717, 1.165) is 68.4 Å². The van der Waals surface area contributed by atoms with Gasteiger partial charge in [-0.05, 0) is 214 Å². The first-order valence-electron chi connectivity index (χ1n) is 41.9. The summed E-state index contributed by atoms with van der Waals surface area (Å²) in [6.45, 7) is 24.2. The van der Waals surface area contributed by atoms with E-state index in [1.807, 2.05) is 142 Å². The molecule has 10 aromatic carbocycles. The van der Waals surface area contributed by atoms with Gasteiger partial charge in [0, 0.05) is 92.5 Å². The summed E-state index contributed by atoms with van der Waals surface area (Å²) in [7, 11) is 0.